The summed E-state index contributed by atoms with van der Waals surface area (Å²) in [5, 5.41) is 9.35. The summed E-state index contributed by atoms with van der Waals surface area (Å²) in [5.74, 6) is 2.54. The molecule has 0 aliphatic heterocycles. The van der Waals surface area contributed by atoms with Crippen molar-refractivity contribution in [1.29, 1.82) is 0 Å². The Morgan fingerprint density at radius 2 is 1.69 bits per heavy atom. The number of nitrogens with zero attached hydrogens (tertiary/aromatic N) is 1. The van der Waals surface area contributed by atoms with Crippen molar-refractivity contribution in [2.24, 2.45) is 5.10 Å². The normalized spacial score (nSPS) is 11.5. The Morgan fingerprint density at radius 3 is 2.46 bits per heavy atom. The van der Waals surface area contributed by atoms with Crippen LogP contribution >= 0.6 is 11.6 Å². The summed E-state index contributed by atoms with van der Waals surface area (Å²) in [6, 6.07) is 26.6. The van der Waals surface area contributed by atoms with Crippen molar-refractivity contribution in [2.75, 3.05) is 13.2 Å². The van der Waals surface area contributed by atoms with E-state index in [-0.39, 0.29) is 19.6 Å². The minimum Gasteiger partial charge on any atom is -0.484 e. The maximum absolute atomic E-state index is 13.2. The zero-order valence-corrected chi connectivity index (χ0v) is 21.7. The highest BCUT2D eigenvalue weighted by atomic mass is 35.5. The van der Waals surface area contributed by atoms with Gasteiger partial charge >= 0.3 is 0 Å². The van der Waals surface area contributed by atoms with E-state index in [0.29, 0.717) is 22.1 Å². The number of amides is 2. The van der Waals surface area contributed by atoms with Crippen molar-refractivity contribution in [3.8, 4) is 23.8 Å². The predicted molar refractivity (Wildman–Crippen MR) is 153 cm³/mol. The van der Waals surface area contributed by atoms with Crippen LogP contribution in [0.3, 0.4) is 0 Å². The number of nitrogens with one attached hydrogen (secondary N) is 2. The number of terminal acetylenes is 1. The van der Waals surface area contributed by atoms with Gasteiger partial charge in [-0.3, -0.25) is 9.59 Å². The number of halogens is 1. The third-order valence-electron chi connectivity index (χ3n) is 5.73. The van der Waals surface area contributed by atoms with Crippen LogP contribution in [0.2, 0.25) is 5.02 Å². The van der Waals surface area contributed by atoms with Crippen LogP contribution < -0.4 is 20.2 Å². The lowest BCUT2D eigenvalue weighted by Crippen LogP contribution is -2.48. The first-order chi connectivity index (χ1) is 19.0. The van der Waals surface area contributed by atoms with Gasteiger partial charge in [0, 0.05) is 17.0 Å². The van der Waals surface area contributed by atoms with Crippen molar-refractivity contribution >= 4 is 40.4 Å². The number of hydrogen-bond acceptors (Lipinski definition) is 5. The molecule has 0 aliphatic rings. The van der Waals surface area contributed by atoms with Gasteiger partial charge in [-0.05, 0) is 46.7 Å². The van der Waals surface area contributed by atoms with E-state index >= 15 is 0 Å². The molecule has 7 nitrogen and oxygen atoms in total. The van der Waals surface area contributed by atoms with E-state index in [1.165, 1.54) is 6.21 Å². The molecule has 0 unspecified atom stereocenters. The molecule has 2 N–H and O–H groups in total. The zero-order valence-electron chi connectivity index (χ0n) is 21.0. The van der Waals surface area contributed by atoms with E-state index in [1.807, 2.05) is 66.7 Å². The largest absolute Gasteiger partial charge is 0.484 e. The Hall–Kier alpha value is -4.80. The van der Waals surface area contributed by atoms with Crippen LogP contribution in [0.1, 0.15) is 11.1 Å². The molecule has 0 saturated heterocycles. The van der Waals surface area contributed by atoms with Gasteiger partial charge in [0.2, 0.25) is 0 Å². The summed E-state index contributed by atoms with van der Waals surface area (Å²) in [7, 11) is 0. The van der Waals surface area contributed by atoms with Crippen molar-refractivity contribution in [1.82, 2.24) is 10.7 Å². The summed E-state index contributed by atoms with van der Waals surface area (Å²) in [5.41, 5.74) is 4.09. The van der Waals surface area contributed by atoms with E-state index in [0.717, 1.165) is 16.3 Å². The van der Waals surface area contributed by atoms with Gasteiger partial charge in [0.1, 0.15) is 24.1 Å². The van der Waals surface area contributed by atoms with Gasteiger partial charge in [-0.2, -0.15) is 5.10 Å². The van der Waals surface area contributed by atoms with Gasteiger partial charge in [-0.25, -0.2) is 5.43 Å². The average Bonchev–Trinajstić information content (AvgIpc) is 2.96. The zero-order chi connectivity index (χ0) is 27.5. The molecule has 0 fully saturated rings. The molecule has 0 heterocycles. The van der Waals surface area contributed by atoms with E-state index in [2.05, 4.69) is 21.8 Å². The van der Waals surface area contributed by atoms with Gasteiger partial charge in [0.25, 0.3) is 11.8 Å². The smallest absolute Gasteiger partial charge is 0.262 e. The Morgan fingerprint density at radius 1 is 0.949 bits per heavy atom. The summed E-state index contributed by atoms with van der Waals surface area (Å²) in [6.45, 7) is -0.176. The van der Waals surface area contributed by atoms with Crippen molar-refractivity contribution in [3.05, 3.63) is 107 Å². The fourth-order valence-corrected chi connectivity index (χ4v) is 3.99. The van der Waals surface area contributed by atoms with Crippen LogP contribution in [0.25, 0.3) is 10.8 Å². The number of hydrogen-bond donors (Lipinski definition) is 2. The van der Waals surface area contributed by atoms with Gasteiger partial charge in [0.05, 0.1) is 6.21 Å². The van der Waals surface area contributed by atoms with Gasteiger partial charge in [-0.15, -0.1) is 6.42 Å². The molecule has 8 heteroatoms. The predicted octanol–water partition coefficient (Wildman–Crippen LogP) is 4.76. The second kappa shape index (κ2) is 13.7. The number of fused-ring (bicyclic) bond motifs is 1. The first kappa shape index (κ1) is 27.2. The number of benzene rings is 4. The fourth-order valence-electron chi connectivity index (χ4n) is 3.87. The lowest BCUT2D eigenvalue weighted by Gasteiger charge is -2.17. The molecule has 2 amide bonds. The topological polar surface area (TPSA) is 89.0 Å². The SMILES string of the molecule is C#CCOc1ccc2ccccc2c1/C=N\NC(=O)[C@@H](Cc1ccccc1)NC(=O)COc1ccc(Cl)cc1. The second-order valence-electron chi connectivity index (χ2n) is 8.48. The number of ether oxygens (including phenoxy) is 2. The maximum Gasteiger partial charge on any atom is 0.262 e. The van der Waals surface area contributed by atoms with Crippen molar-refractivity contribution in [2.45, 2.75) is 12.5 Å². The van der Waals surface area contributed by atoms with Crippen LogP contribution in [0.4, 0.5) is 0 Å². The molecule has 0 radical (unpaired) electrons. The van der Waals surface area contributed by atoms with E-state index in [1.54, 1.807) is 24.3 Å². The molecule has 0 aromatic heterocycles. The Balaban J connectivity index is 1.48. The highest BCUT2D eigenvalue weighted by Crippen LogP contribution is 2.26. The maximum atomic E-state index is 13.2. The molecule has 4 rings (SSSR count). The minimum atomic E-state index is -0.893. The summed E-state index contributed by atoms with van der Waals surface area (Å²) >= 11 is 5.89. The molecule has 4 aromatic carbocycles. The third-order valence-corrected chi connectivity index (χ3v) is 5.98. The fraction of sp³-hybridized carbons (Fsp3) is 0.129. The van der Waals surface area contributed by atoms with Gasteiger partial charge < -0.3 is 14.8 Å². The Labute approximate surface area is 231 Å². The van der Waals surface area contributed by atoms with Crippen LogP contribution in [-0.4, -0.2) is 37.3 Å². The molecule has 196 valence electrons. The molecule has 0 saturated carbocycles. The van der Waals surface area contributed by atoms with Crippen LogP contribution in [-0.2, 0) is 16.0 Å². The number of carbonyl (C=O) groups excluding carboxylic acids is 2. The monoisotopic (exact) mass is 539 g/mol. The van der Waals surface area contributed by atoms with Crippen LogP contribution in [0.15, 0.2) is 96.1 Å². The number of rotatable bonds is 11. The molecule has 39 heavy (non-hydrogen) atoms. The highest BCUT2D eigenvalue weighted by molar-refractivity contribution is 6.30. The van der Waals surface area contributed by atoms with Crippen molar-refractivity contribution in [3.63, 3.8) is 0 Å². The summed E-state index contributed by atoms with van der Waals surface area (Å²) in [4.78, 5) is 25.8. The molecule has 4 aromatic rings. The average molecular weight is 540 g/mol. The molecule has 0 bridgehead atoms. The minimum absolute atomic E-state index is 0.0921. The molecule has 1 atom stereocenters. The quantitative estimate of drug-likeness (QED) is 0.163. The Kier molecular flexibility index (Phi) is 9.54. The lowest BCUT2D eigenvalue weighted by molar-refractivity contribution is -0.130. The molecule has 0 spiro atoms. The third kappa shape index (κ3) is 7.84. The first-order valence-electron chi connectivity index (χ1n) is 12.2. The molecular weight excluding hydrogens is 514 g/mol. The summed E-state index contributed by atoms with van der Waals surface area (Å²) < 4.78 is 11.2. The molecular formula is C31H26ClN3O4. The Bertz CT molecular complexity index is 1500. The van der Waals surface area contributed by atoms with Gasteiger partial charge in [-0.1, -0.05) is 78.2 Å². The van der Waals surface area contributed by atoms with E-state index in [9.17, 15) is 9.59 Å². The number of carbonyl (C=O) groups is 2. The standard InChI is InChI=1S/C31H26ClN3O4/c1-2-18-38-29-17-12-23-10-6-7-11-26(23)27(29)20-33-35-31(37)28(19-22-8-4-3-5-9-22)34-30(36)21-39-25-15-13-24(32)14-16-25/h1,3-17,20,28H,18-19,21H2,(H,34,36)(H,35,37)/b33-20-/t28-/m1/s1. The summed E-state index contributed by atoms with van der Waals surface area (Å²) in [6.07, 6.45) is 7.14. The van der Waals surface area contributed by atoms with E-state index in [4.69, 9.17) is 27.5 Å². The van der Waals surface area contributed by atoms with Crippen LogP contribution in [0, 0.1) is 12.3 Å². The second-order valence-corrected chi connectivity index (χ2v) is 8.91. The molecule has 0 aliphatic carbocycles. The highest BCUT2D eigenvalue weighted by Gasteiger charge is 2.21. The first-order valence-corrected chi connectivity index (χ1v) is 12.5. The van der Waals surface area contributed by atoms with Crippen molar-refractivity contribution < 1.29 is 19.1 Å². The lowest BCUT2D eigenvalue weighted by atomic mass is 10.0. The number of hydrazone groups is 1. The van der Waals surface area contributed by atoms with Crippen LogP contribution in [0.5, 0.6) is 11.5 Å². The van der Waals surface area contributed by atoms with Gasteiger partial charge in [0.15, 0.2) is 6.61 Å². The van der Waals surface area contributed by atoms with E-state index < -0.39 is 17.9 Å².